The molecule has 0 aromatic heterocycles. The average molecular weight is 188 g/mol. The van der Waals surface area contributed by atoms with Crippen molar-refractivity contribution in [2.75, 3.05) is 0 Å². The second-order valence-electron chi connectivity index (χ2n) is 3.25. The molecule has 72 valence electrons. The standard InChI is InChI=1S/C12H12O2/c1-2-12(13)14-11-8-7-9-5-3-4-6-10(9)11/h3-8,11H,2H2,1H3. The van der Waals surface area contributed by atoms with Crippen molar-refractivity contribution in [3.05, 3.63) is 41.5 Å². The fourth-order valence-corrected chi connectivity index (χ4v) is 1.54. The van der Waals surface area contributed by atoms with E-state index in [1.165, 1.54) is 0 Å². The fraction of sp³-hybridized carbons (Fsp3) is 0.250. The van der Waals surface area contributed by atoms with E-state index in [1.807, 2.05) is 36.4 Å². The third kappa shape index (κ3) is 1.55. The van der Waals surface area contributed by atoms with Crippen LogP contribution in [0.5, 0.6) is 0 Å². The number of carbonyl (C=O) groups is 1. The Morgan fingerprint density at radius 2 is 2.21 bits per heavy atom. The van der Waals surface area contributed by atoms with Crippen molar-refractivity contribution >= 4 is 12.0 Å². The first-order valence-electron chi connectivity index (χ1n) is 4.78. The highest BCUT2D eigenvalue weighted by molar-refractivity contribution is 5.71. The molecule has 0 saturated heterocycles. The van der Waals surface area contributed by atoms with Gasteiger partial charge in [-0.25, -0.2) is 0 Å². The van der Waals surface area contributed by atoms with Crippen LogP contribution in [0.4, 0.5) is 0 Å². The van der Waals surface area contributed by atoms with Gasteiger partial charge in [0.15, 0.2) is 0 Å². The zero-order chi connectivity index (χ0) is 9.97. The summed E-state index contributed by atoms with van der Waals surface area (Å²) in [6.07, 6.45) is 4.15. The van der Waals surface area contributed by atoms with Crippen LogP contribution in [0.15, 0.2) is 30.3 Å². The molecule has 0 radical (unpaired) electrons. The normalized spacial score (nSPS) is 17.9. The third-order valence-corrected chi connectivity index (χ3v) is 2.30. The van der Waals surface area contributed by atoms with E-state index in [9.17, 15) is 4.79 Å². The van der Waals surface area contributed by atoms with Crippen LogP contribution < -0.4 is 0 Å². The molecule has 1 atom stereocenters. The van der Waals surface area contributed by atoms with Gasteiger partial charge in [0.1, 0.15) is 6.10 Å². The maximum absolute atomic E-state index is 11.1. The lowest BCUT2D eigenvalue weighted by molar-refractivity contribution is -0.146. The molecule has 0 saturated carbocycles. The molecule has 0 aliphatic heterocycles. The number of rotatable bonds is 2. The third-order valence-electron chi connectivity index (χ3n) is 2.30. The Morgan fingerprint density at radius 3 is 3.00 bits per heavy atom. The highest BCUT2D eigenvalue weighted by Crippen LogP contribution is 2.30. The Hall–Kier alpha value is -1.57. The van der Waals surface area contributed by atoms with Gasteiger partial charge in [-0.3, -0.25) is 4.79 Å². The van der Waals surface area contributed by atoms with E-state index in [2.05, 4.69) is 0 Å². The quantitative estimate of drug-likeness (QED) is 0.667. The molecule has 0 fully saturated rings. The molecule has 0 N–H and O–H groups in total. The highest BCUT2D eigenvalue weighted by Gasteiger charge is 2.19. The van der Waals surface area contributed by atoms with Gasteiger partial charge in [-0.2, -0.15) is 0 Å². The lowest BCUT2D eigenvalue weighted by Gasteiger charge is -2.11. The number of esters is 1. The van der Waals surface area contributed by atoms with Crippen molar-refractivity contribution in [2.24, 2.45) is 0 Å². The largest absolute Gasteiger partial charge is 0.453 e. The molecule has 1 unspecified atom stereocenters. The van der Waals surface area contributed by atoms with Gasteiger partial charge in [-0.1, -0.05) is 37.3 Å². The number of hydrogen-bond acceptors (Lipinski definition) is 2. The Labute approximate surface area is 83.2 Å². The van der Waals surface area contributed by atoms with Crippen molar-refractivity contribution in [3.8, 4) is 0 Å². The van der Waals surface area contributed by atoms with E-state index in [0.29, 0.717) is 6.42 Å². The number of carbonyl (C=O) groups excluding carboxylic acids is 1. The van der Waals surface area contributed by atoms with Gasteiger partial charge >= 0.3 is 5.97 Å². The lowest BCUT2D eigenvalue weighted by Crippen LogP contribution is -2.06. The van der Waals surface area contributed by atoms with Crippen LogP contribution in [0.25, 0.3) is 6.08 Å². The summed E-state index contributed by atoms with van der Waals surface area (Å²) in [5.74, 6) is -0.156. The summed E-state index contributed by atoms with van der Waals surface area (Å²) in [6, 6.07) is 7.94. The zero-order valence-corrected chi connectivity index (χ0v) is 8.07. The van der Waals surface area contributed by atoms with Crippen LogP contribution in [0, 0.1) is 0 Å². The van der Waals surface area contributed by atoms with Gasteiger partial charge in [0.2, 0.25) is 0 Å². The molecular formula is C12H12O2. The zero-order valence-electron chi connectivity index (χ0n) is 8.07. The topological polar surface area (TPSA) is 26.3 Å². The SMILES string of the molecule is CCC(=O)OC1C=Cc2ccccc21. The number of hydrogen-bond donors (Lipinski definition) is 0. The van der Waals surface area contributed by atoms with Gasteiger partial charge < -0.3 is 4.74 Å². The molecule has 1 aromatic rings. The summed E-state index contributed by atoms with van der Waals surface area (Å²) in [7, 11) is 0. The summed E-state index contributed by atoms with van der Waals surface area (Å²) in [4.78, 5) is 11.1. The highest BCUT2D eigenvalue weighted by atomic mass is 16.5. The minimum Gasteiger partial charge on any atom is -0.453 e. The first-order valence-corrected chi connectivity index (χ1v) is 4.78. The van der Waals surface area contributed by atoms with Gasteiger partial charge in [0.05, 0.1) is 0 Å². The molecule has 1 aromatic carbocycles. The second-order valence-corrected chi connectivity index (χ2v) is 3.25. The van der Waals surface area contributed by atoms with Crippen molar-refractivity contribution in [2.45, 2.75) is 19.4 Å². The minimum atomic E-state index is -0.182. The predicted octanol–water partition coefficient (Wildman–Crippen LogP) is 2.71. The maximum Gasteiger partial charge on any atom is 0.306 e. The summed E-state index contributed by atoms with van der Waals surface area (Å²) >= 11 is 0. The molecule has 0 spiro atoms. The van der Waals surface area contributed by atoms with Gasteiger partial charge in [0.25, 0.3) is 0 Å². The van der Waals surface area contributed by atoms with E-state index in [4.69, 9.17) is 4.74 Å². The van der Waals surface area contributed by atoms with Gasteiger partial charge in [-0.05, 0) is 11.6 Å². The van der Waals surface area contributed by atoms with Crippen LogP contribution in [-0.4, -0.2) is 5.97 Å². The van der Waals surface area contributed by atoms with E-state index in [-0.39, 0.29) is 12.1 Å². The Kier molecular flexibility index (Phi) is 2.35. The van der Waals surface area contributed by atoms with Crippen molar-refractivity contribution < 1.29 is 9.53 Å². The average Bonchev–Trinajstić information content (AvgIpc) is 2.62. The Morgan fingerprint density at radius 1 is 1.43 bits per heavy atom. The minimum absolute atomic E-state index is 0.156. The second kappa shape index (κ2) is 3.66. The molecule has 0 heterocycles. The first-order chi connectivity index (χ1) is 6.81. The lowest BCUT2D eigenvalue weighted by atomic mass is 10.1. The van der Waals surface area contributed by atoms with E-state index < -0.39 is 0 Å². The molecule has 14 heavy (non-hydrogen) atoms. The predicted molar refractivity (Wildman–Crippen MR) is 54.6 cm³/mol. The van der Waals surface area contributed by atoms with Crippen molar-refractivity contribution in [1.82, 2.24) is 0 Å². The Bertz CT molecular complexity index is 380. The van der Waals surface area contributed by atoms with Crippen molar-refractivity contribution in [1.29, 1.82) is 0 Å². The van der Waals surface area contributed by atoms with Crippen molar-refractivity contribution in [3.63, 3.8) is 0 Å². The maximum atomic E-state index is 11.1. The monoisotopic (exact) mass is 188 g/mol. The molecular weight excluding hydrogens is 176 g/mol. The number of benzene rings is 1. The van der Waals surface area contributed by atoms with Crippen LogP contribution in [-0.2, 0) is 9.53 Å². The van der Waals surface area contributed by atoms with Crippen LogP contribution >= 0.6 is 0 Å². The van der Waals surface area contributed by atoms with Crippen LogP contribution in [0.3, 0.4) is 0 Å². The number of ether oxygens (including phenoxy) is 1. The van der Waals surface area contributed by atoms with Gasteiger partial charge in [-0.15, -0.1) is 0 Å². The van der Waals surface area contributed by atoms with E-state index in [1.54, 1.807) is 6.92 Å². The molecule has 2 heteroatoms. The van der Waals surface area contributed by atoms with E-state index in [0.717, 1.165) is 11.1 Å². The smallest absolute Gasteiger partial charge is 0.306 e. The summed E-state index contributed by atoms with van der Waals surface area (Å²) in [5.41, 5.74) is 2.22. The molecule has 2 nitrogen and oxygen atoms in total. The van der Waals surface area contributed by atoms with Crippen LogP contribution in [0.1, 0.15) is 30.6 Å². The Balaban J connectivity index is 2.18. The first kappa shape index (κ1) is 9.00. The summed E-state index contributed by atoms with van der Waals surface area (Å²) in [5, 5.41) is 0. The van der Waals surface area contributed by atoms with Gasteiger partial charge in [0, 0.05) is 12.0 Å². The van der Waals surface area contributed by atoms with E-state index >= 15 is 0 Å². The molecule has 1 aliphatic carbocycles. The fourth-order valence-electron chi connectivity index (χ4n) is 1.54. The molecule has 1 aliphatic rings. The molecule has 0 bridgehead atoms. The molecule has 0 amide bonds. The summed E-state index contributed by atoms with van der Waals surface area (Å²) in [6.45, 7) is 1.80. The van der Waals surface area contributed by atoms with Crippen LogP contribution in [0.2, 0.25) is 0 Å². The summed E-state index contributed by atoms with van der Waals surface area (Å²) < 4.78 is 5.26. The molecule has 2 rings (SSSR count). The number of fused-ring (bicyclic) bond motifs is 1.